The number of esters is 1. The zero-order valence-electron chi connectivity index (χ0n) is 15.4. The van der Waals surface area contributed by atoms with Crippen LogP contribution in [-0.4, -0.2) is 42.0 Å². The molecule has 7 heteroatoms. The number of methoxy groups -OCH3 is 1. The highest BCUT2D eigenvalue weighted by molar-refractivity contribution is 6.33. The summed E-state index contributed by atoms with van der Waals surface area (Å²) in [6.07, 6.45) is 3.64. The highest BCUT2D eigenvalue weighted by Gasteiger charge is 2.22. The number of nitrogens with one attached hydrogen (secondary N) is 1. The summed E-state index contributed by atoms with van der Waals surface area (Å²) in [5.74, 6) is 0.183. The number of amides is 1. The van der Waals surface area contributed by atoms with Crippen molar-refractivity contribution in [3.63, 3.8) is 0 Å². The van der Waals surface area contributed by atoms with Crippen molar-refractivity contribution in [3.8, 4) is 0 Å². The van der Waals surface area contributed by atoms with Crippen LogP contribution in [0, 0.1) is 5.92 Å². The van der Waals surface area contributed by atoms with E-state index < -0.39 is 5.97 Å². The SMILES string of the molecule is COC(=O)c1ccc(Cl)c(Nc2ccc(C(=O)N3CCC(C)CC3)nc2)c1. The quantitative estimate of drug-likeness (QED) is 0.798. The van der Waals surface area contributed by atoms with Crippen LogP contribution in [0.3, 0.4) is 0 Å². The lowest BCUT2D eigenvalue weighted by atomic mass is 9.99. The van der Waals surface area contributed by atoms with Crippen LogP contribution in [0.1, 0.15) is 40.6 Å². The average molecular weight is 388 g/mol. The summed E-state index contributed by atoms with van der Waals surface area (Å²) in [5, 5.41) is 3.58. The number of halogens is 1. The third-order valence-electron chi connectivity index (χ3n) is 4.72. The normalized spacial score (nSPS) is 14.7. The molecule has 1 aromatic heterocycles. The molecule has 0 aliphatic carbocycles. The Hall–Kier alpha value is -2.60. The molecule has 0 spiro atoms. The first-order chi connectivity index (χ1) is 13.0. The van der Waals surface area contributed by atoms with Crippen LogP contribution in [0.5, 0.6) is 0 Å². The maximum atomic E-state index is 12.6. The molecule has 27 heavy (non-hydrogen) atoms. The second-order valence-corrected chi connectivity index (χ2v) is 7.13. The van der Waals surface area contributed by atoms with Gasteiger partial charge in [0.25, 0.3) is 5.91 Å². The van der Waals surface area contributed by atoms with E-state index in [9.17, 15) is 9.59 Å². The lowest BCUT2D eigenvalue weighted by molar-refractivity contribution is 0.0600. The van der Waals surface area contributed by atoms with Crippen LogP contribution in [0.25, 0.3) is 0 Å². The van der Waals surface area contributed by atoms with Crippen LogP contribution in [-0.2, 0) is 4.74 Å². The zero-order valence-corrected chi connectivity index (χ0v) is 16.1. The molecule has 1 amide bonds. The van der Waals surface area contributed by atoms with E-state index in [1.807, 2.05) is 4.90 Å². The molecule has 0 unspecified atom stereocenters. The van der Waals surface area contributed by atoms with Gasteiger partial charge in [-0.2, -0.15) is 0 Å². The number of aromatic nitrogens is 1. The summed E-state index contributed by atoms with van der Waals surface area (Å²) in [5.41, 5.74) is 2.04. The molecule has 6 nitrogen and oxygen atoms in total. The van der Waals surface area contributed by atoms with Gasteiger partial charge in [-0.3, -0.25) is 4.79 Å². The summed E-state index contributed by atoms with van der Waals surface area (Å²) in [4.78, 5) is 30.4. The molecule has 0 saturated carbocycles. The molecular weight excluding hydrogens is 366 g/mol. The Morgan fingerprint density at radius 2 is 1.96 bits per heavy atom. The Morgan fingerprint density at radius 3 is 2.59 bits per heavy atom. The van der Waals surface area contributed by atoms with Gasteiger partial charge in [-0.25, -0.2) is 9.78 Å². The number of carbonyl (C=O) groups is 2. The monoisotopic (exact) mass is 387 g/mol. The van der Waals surface area contributed by atoms with Gasteiger partial charge in [-0.1, -0.05) is 18.5 Å². The van der Waals surface area contributed by atoms with Crippen LogP contribution in [0.15, 0.2) is 36.5 Å². The van der Waals surface area contributed by atoms with Gasteiger partial charge in [0, 0.05) is 13.1 Å². The topological polar surface area (TPSA) is 71.5 Å². The molecule has 0 bridgehead atoms. The molecule has 1 aromatic carbocycles. The van der Waals surface area contributed by atoms with Gasteiger partial charge in [-0.05, 0) is 49.1 Å². The molecule has 1 fully saturated rings. The number of likely N-dealkylation sites (tertiary alicyclic amines) is 1. The number of anilines is 2. The van der Waals surface area contributed by atoms with Gasteiger partial charge >= 0.3 is 5.97 Å². The number of benzene rings is 1. The number of rotatable bonds is 4. The van der Waals surface area contributed by atoms with Crippen molar-refractivity contribution in [1.29, 1.82) is 0 Å². The second kappa shape index (κ2) is 8.39. The molecule has 1 N–H and O–H groups in total. The summed E-state index contributed by atoms with van der Waals surface area (Å²) in [6, 6.07) is 8.30. The van der Waals surface area contributed by atoms with Crippen LogP contribution in [0.4, 0.5) is 11.4 Å². The third-order valence-corrected chi connectivity index (χ3v) is 5.05. The Bertz CT molecular complexity index is 831. The third kappa shape index (κ3) is 4.57. The highest BCUT2D eigenvalue weighted by atomic mass is 35.5. The maximum absolute atomic E-state index is 12.6. The van der Waals surface area contributed by atoms with Gasteiger partial charge in [0.05, 0.1) is 35.3 Å². The smallest absolute Gasteiger partial charge is 0.337 e. The molecule has 0 atom stereocenters. The Labute approximate surface area is 163 Å². The first-order valence-electron chi connectivity index (χ1n) is 8.88. The minimum Gasteiger partial charge on any atom is -0.465 e. The van der Waals surface area contributed by atoms with Gasteiger partial charge in [-0.15, -0.1) is 0 Å². The second-order valence-electron chi connectivity index (χ2n) is 6.72. The molecule has 1 aliphatic rings. The minimum absolute atomic E-state index is 0.0424. The summed E-state index contributed by atoms with van der Waals surface area (Å²) < 4.78 is 4.72. The van der Waals surface area contributed by atoms with Crippen molar-refractivity contribution < 1.29 is 14.3 Å². The molecule has 1 aliphatic heterocycles. The number of nitrogens with zero attached hydrogens (tertiary/aromatic N) is 2. The molecule has 142 valence electrons. The van der Waals surface area contributed by atoms with Crippen molar-refractivity contribution in [2.75, 3.05) is 25.5 Å². The molecule has 3 rings (SSSR count). The Morgan fingerprint density at radius 1 is 1.22 bits per heavy atom. The number of piperidine rings is 1. The lowest BCUT2D eigenvalue weighted by Crippen LogP contribution is -2.38. The van der Waals surface area contributed by atoms with E-state index >= 15 is 0 Å². The average Bonchev–Trinajstić information content (AvgIpc) is 2.69. The van der Waals surface area contributed by atoms with Gasteiger partial charge in [0.1, 0.15) is 5.69 Å². The van der Waals surface area contributed by atoms with E-state index in [0.717, 1.165) is 25.9 Å². The van der Waals surface area contributed by atoms with E-state index in [0.29, 0.717) is 33.6 Å². The number of ether oxygens (including phenoxy) is 1. The predicted molar refractivity (Wildman–Crippen MR) is 105 cm³/mol. The van der Waals surface area contributed by atoms with Gasteiger partial charge in [0.15, 0.2) is 0 Å². The molecule has 2 aromatic rings. The van der Waals surface area contributed by atoms with Crippen molar-refractivity contribution >= 4 is 34.9 Å². The molecular formula is C20H22ClN3O3. The van der Waals surface area contributed by atoms with E-state index in [1.165, 1.54) is 7.11 Å². The summed E-state index contributed by atoms with van der Waals surface area (Å²) >= 11 is 6.19. The van der Waals surface area contributed by atoms with Crippen molar-refractivity contribution in [2.24, 2.45) is 5.92 Å². The van der Waals surface area contributed by atoms with Crippen LogP contribution >= 0.6 is 11.6 Å². The number of hydrogen-bond acceptors (Lipinski definition) is 5. The predicted octanol–water partition coefficient (Wildman–Crippen LogP) is 4.14. The summed E-state index contributed by atoms with van der Waals surface area (Å²) in [6.45, 7) is 3.76. The van der Waals surface area contributed by atoms with Crippen molar-refractivity contribution in [3.05, 3.63) is 52.8 Å². The van der Waals surface area contributed by atoms with Crippen LogP contribution < -0.4 is 5.32 Å². The summed E-state index contributed by atoms with van der Waals surface area (Å²) in [7, 11) is 1.33. The Kier molecular flexibility index (Phi) is 5.96. The van der Waals surface area contributed by atoms with Gasteiger partial charge < -0.3 is 15.0 Å². The maximum Gasteiger partial charge on any atom is 0.337 e. The number of pyridine rings is 1. The Balaban J connectivity index is 1.71. The van der Waals surface area contributed by atoms with Crippen LogP contribution in [0.2, 0.25) is 5.02 Å². The van der Waals surface area contributed by atoms with E-state index in [2.05, 4.69) is 17.2 Å². The molecule has 2 heterocycles. The fraction of sp³-hybridized carbons (Fsp3) is 0.350. The standard InChI is InChI=1S/C20H22ClN3O3/c1-13-7-9-24(10-8-13)19(25)17-6-4-15(12-22-17)23-18-11-14(20(26)27-2)3-5-16(18)21/h3-6,11-13,23H,7-10H2,1-2H3. The number of carbonyl (C=O) groups excluding carboxylic acids is 2. The fourth-order valence-corrected chi connectivity index (χ4v) is 3.15. The van der Waals surface area contributed by atoms with Gasteiger partial charge in [0.2, 0.25) is 0 Å². The number of hydrogen-bond donors (Lipinski definition) is 1. The van der Waals surface area contributed by atoms with Crippen molar-refractivity contribution in [1.82, 2.24) is 9.88 Å². The largest absolute Gasteiger partial charge is 0.465 e. The first kappa shape index (κ1) is 19.2. The fourth-order valence-electron chi connectivity index (χ4n) is 2.99. The van der Waals surface area contributed by atoms with Crippen molar-refractivity contribution in [2.45, 2.75) is 19.8 Å². The van der Waals surface area contributed by atoms with E-state index in [1.54, 1.807) is 36.5 Å². The molecule has 0 radical (unpaired) electrons. The lowest BCUT2D eigenvalue weighted by Gasteiger charge is -2.30. The molecule has 1 saturated heterocycles. The minimum atomic E-state index is -0.440. The van der Waals surface area contributed by atoms with E-state index in [-0.39, 0.29) is 5.91 Å². The first-order valence-corrected chi connectivity index (χ1v) is 9.26. The highest BCUT2D eigenvalue weighted by Crippen LogP contribution is 2.27. The van der Waals surface area contributed by atoms with E-state index in [4.69, 9.17) is 16.3 Å². The zero-order chi connectivity index (χ0) is 19.4.